The lowest BCUT2D eigenvalue weighted by Gasteiger charge is -2.18. The third-order valence-corrected chi connectivity index (χ3v) is 3.04. The minimum absolute atomic E-state index is 0.0479. The fourth-order valence-corrected chi connectivity index (χ4v) is 1.87. The van der Waals surface area contributed by atoms with Gasteiger partial charge in [0.15, 0.2) is 0 Å². The normalized spacial score (nSPS) is 10.0. The fraction of sp³-hybridized carbons (Fsp3) is 0.538. The van der Waals surface area contributed by atoms with E-state index < -0.39 is 4.92 Å². The van der Waals surface area contributed by atoms with Crippen molar-refractivity contribution in [1.29, 1.82) is 0 Å². The van der Waals surface area contributed by atoms with Crippen molar-refractivity contribution < 1.29 is 9.72 Å². The first-order valence-corrected chi connectivity index (χ1v) is 6.87. The number of nitrogens with one attached hydrogen (secondary N) is 2. The number of hydrogen-bond donors (Lipinski definition) is 2. The van der Waals surface area contributed by atoms with E-state index in [4.69, 9.17) is 0 Å². The van der Waals surface area contributed by atoms with E-state index in [9.17, 15) is 14.9 Å². The average molecular weight is 295 g/mol. The van der Waals surface area contributed by atoms with Crippen molar-refractivity contribution in [2.24, 2.45) is 0 Å². The molecule has 1 aromatic heterocycles. The second kappa shape index (κ2) is 8.03. The standard InChI is InChI=1S/C13H21N5O3/c1-4-17(5-2)13(19)6-7-15-12-9-10(18(20)21)8-11(14-3)16-12/h8-9H,4-7H2,1-3H3,(H2,14,15,16). The van der Waals surface area contributed by atoms with Crippen LogP contribution in [0.25, 0.3) is 0 Å². The maximum atomic E-state index is 11.8. The number of nitro groups is 1. The van der Waals surface area contributed by atoms with Crippen LogP contribution in [0.2, 0.25) is 0 Å². The van der Waals surface area contributed by atoms with Gasteiger partial charge in [-0.1, -0.05) is 0 Å². The largest absolute Gasteiger partial charge is 0.373 e. The molecule has 116 valence electrons. The van der Waals surface area contributed by atoms with Crippen molar-refractivity contribution in [3.8, 4) is 0 Å². The third kappa shape index (κ3) is 4.90. The molecule has 0 radical (unpaired) electrons. The summed E-state index contributed by atoms with van der Waals surface area (Å²) in [6.45, 7) is 5.58. The molecule has 8 nitrogen and oxygen atoms in total. The number of nitrogens with zero attached hydrogens (tertiary/aromatic N) is 3. The van der Waals surface area contributed by atoms with E-state index >= 15 is 0 Å². The summed E-state index contributed by atoms with van der Waals surface area (Å²) in [7, 11) is 1.64. The second-order valence-electron chi connectivity index (χ2n) is 4.35. The molecule has 21 heavy (non-hydrogen) atoms. The molecule has 0 aliphatic rings. The van der Waals surface area contributed by atoms with Gasteiger partial charge in [0.1, 0.15) is 11.6 Å². The van der Waals surface area contributed by atoms with Gasteiger partial charge < -0.3 is 15.5 Å². The van der Waals surface area contributed by atoms with Crippen LogP contribution in [0, 0.1) is 10.1 Å². The zero-order chi connectivity index (χ0) is 15.8. The predicted octanol–water partition coefficient (Wildman–Crippen LogP) is 1.70. The van der Waals surface area contributed by atoms with Gasteiger partial charge >= 0.3 is 0 Å². The van der Waals surface area contributed by atoms with Gasteiger partial charge in [-0.25, -0.2) is 4.98 Å². The first-order valence-electron chi connectivity index (χ1n) is 6.87. The zero-order valence-corrected chi connectivity index (χ0v) is 12.5. The number of hydrogen-bond acceptors (Lipinski definition) is 6. The number of carbonyl (C=O) groups excluding carboxylic acids is 1. The SMILES string of the molecule is CCN(CC)C(=O)CCNc1cc([N+](=O)[O-])cc(NC)n1. The molecule has 0 aromatic carbocycles. The van der Waals surface area contributed by atoms with E-state index in [0.29, 0.717) is 37.7 Å². The van der Waals surface area contributed by atoms with Gasteiger partial charge in [0.05, 0.1) is 17.1 Å². The fourth-order valence-electron chi connectivity index (χ4n) is 1.87. The summed E-state index contributed by atoms with van der Waals surface area (Å²) in [6.07, 6.45) is 0.320. The van der Waals surface area contributed by atoms with Gasteiger partial charge in [-0.15, -0.1) is 0 Å². The summed E-state index contributed by atoms with van der Waals surface area (Å²) >= 11 is 0. The highest BCUT2D eigenvalue weighted by atomic mass is 16.6. The maximum absolute atomic E-state index is 11.8. The van der Waals surface area contributed by atoms with Crippen molar-refractivity contribution in [3.63, 3.8) is 0 Å². The van der Waals surface area contributed by atoms with E-state index in [0.717, 1.165) is 0 Å². The Hall–Kier alpha value is -2.38. The molecule has 8 heteroatoms. The molecule has 0 unspecified atom stereocenters. The van der Waals surface area contributed by atoms with Crippen molar-refractivity contribution in [1.82, 2.24) is 9.88 Å². The average Bonchev–Trinajstić information content (AvgIpc) is 2.48. The maximum Gasteiger partial charge on any atom is 0.276 e. The molecule has 0 atom stereocenters. The lowest BCUT2D eigenvalue weighted by atomic mass is 10.3. The van der Waals surface area contributed by atoms with Gasteiger partial charge in [0.25, 0.3) is 5.69 Å². The van der Waals surface area contributed by atoms with Crippen LogP contribution in [-0.4, -0.2) is 47.4 Å². The first-order chi connectivity index (χ1) is 10.0. The number of rotatable bonds is 8. The lowest BCUT2D eigenvalue weighted by molar-refractivity contribution is -0.384. The molecule has 0 saturated carbocycles. The van der Waals surface area contributed by atoms with Crippen LogP contribution in [0.3, 0.4) is 0 Å². The molecule has 1 heterocycles. The minimum Gasteiger partial charge on any atom is -0.373 e. The molecule has 0 aliphatic heterocycles. The Labute approximate surface area is 123 Å². The van der Waals surface area contributed by atoms with E-state index in [2.05, 4.69) is 15.6 Å². The van der Waals surface area contributed by atoms with Crippen LogP contribution in [0.1, 0.15) is 20.3 Å². The number of amides is 1. The van der Waals surface area contributed by atoms with Crippen LogP contribution in [0.5, 0.6) is 0 Å². The lowest BCUT2D eigenvalue weighted by Crippen LogP contribution is -2.31. The van der Waals surface area contributed by atoms with Crippen LogP contribution >= 0.6 is 0 Å². The summed E-state index contributed by atoms with van der Waals surface area (Å²) in [5, 5.41) is 16.5. The van der Waals surface area contributed by atoms with Gasteiger partial charge in [-0.05, 0) is 13.8 Å². The number of carbonyl (C=O) groups is 1. The molecule has 2 N–H and O–H groups in total. The predicted molar refractivity (Wildman–Crippen MR) is 81.5 cm³/mol. The number of aromatic nitrogens is 1. The summed E-state index contributed by atoms with van der Waals surface area (Å²) in [6, 6.07) is 2.70. The molecule has 0 aliphatic carbocycles. The zero-order valence-electron chi connectivity index (χ0n) is 12.5. The Bertz CT molecular complexity index is 503. The van der Waals surface area contributed by atoms with Gasteiger partial charge in [0.2, 0.25) is 5.91 Å². The van der Waals surface area contributed by atoms with Gasteiger partial charge in [0, 0.05) is 33.1 Å². The highest BCUT2D eigenvalue weighted by Crippen LogP contribution is 2.20. The Morgan fingerprint density at radius 2 is 1.95 bits per heavy atom. The molecule has 0 fully saturated rings. The molecular formula is C13H21N5O3. The topological polar surface area (TPSA) is 100 Å². The molecule has 0 saturated heterocycles. The molecular weight excluding hydrogens is 274 g/mol. The van der Waals surface area contributed by atoms with E-state index in [-0.39, 0.29) is 11.6 Å². The second-order valence-corrected chi connectivity index (χ2v) is 4.35. The van der Waals surface area contributed by atoms with Crippen LogP contribution < -0.4 is 10.6 Å². The first kappa shape index (κ1) is 16.7. The molecule has 1 aromatic rings. The molecule has 1 amide bonds. The highest BCUT2D eigenvalue weighted by molar-refractivity contribution is 5.76. The molecule has 0 bridgehead atoms. The van der Waals surface area contributed by atoms with Gasteiger partial charge in [-0.3, -0.25) is 14.9 Å². The van der Waals surface area contributed by atoms with E-state index in [1.807, 2.05) is 13.8 Å². The monoisotopic (exact) mass is 295 g/mol. The number of anilines is 2. The summed E-state index contributed by atoms with van der Waals surface area (Å²) in [4.78, 5) is 28.1. The summed E-state index contributed by atoms with van der Waals surface area (Å²) < 4.78 is 0. The van der Waals surface area contributed by atoms with Crippen LogP contribution in [-0.2, 0) is 4.79 Å². The van der Waals surface area contributed by atoms with Crippen molar-refractivity contribution in [2.75, 3.05) is 37.3 Å². The third-order valence-electron chi connectivity index (χ3n) is 3.04. The summed E-state index contributed by atoms with van der Waals surface area (Å²) in [5.41, 5.74) is -0.0491. The van der Waals surface area contributed by atoms with Crippen molar-refractivity contribution in [2.45, 2.75) is 20.3 Å². The smallest absolute Gasteiger partial charge is 0.276 e. The number of pyridine rings is 1. The summed E-state index contributed by atoms with van der Waals surface area (Å²) in [5.74, 6) is 0.828. The quantitative estimate of drug-likeness (QED) is 0.559. The Kier molecular flexibility index (Phi) is 6.38. The van der Waals surface area contributed by atoms with Gasteiger partial charge in [-0.2, -0.15) is 0 Å². The highest BCUT2D eigenvalue weighted by Gasteiger charge is 2.12. The van der Waals surface area contributed by atoms with E-state index in [1.54, 1.807) is 11.9 Å². The Morgan fingerprint density at radius 1 is 1.33 bits per heavy atom. The van der Waals surface area contributed by atoms with Crippen LogP contribution in [0.15, 0.2) is 12.1 Å². The van der Waals surface area contributed by atoms with Crippen molar-refractivity contribution >= 4 is 23.2 Å². The van der Waals surface area contributed by atoms with Crippen molar-refractivity contribution in [3.05, 3.63) is 22.2 Å². The Morgan fingerprint density at radius 3 is 2.48 bits per heavy atom. The molecule has 0 spiro atoms. The molecule has 1 rings (SSSR count). The minimum atomic E-state index is -0.477. The van der Waals surface area contributed by atoms with E-state index in [1.165, 1.54) is 12.1 Å². The van der Waals surface area contributed by atoms with Crippen LogP contribution in [0.4, 0.5) is 17.3 Å². The Balaban J connectivity index is 2.65.